The number of rotatable bonds is 3. The van der Waals surface area contributed by atoms with Crippen LogP contribution in [-0.2, 0) is 6.61 Å². The molecule has 8 heteroatoms. The van der Waals surface area contributed by atoms with Gasteiger partial charge < -0.3 is 5.11 Å². The largest absolute Gasteiger partial charge is 0.390 e. The van der Waals surface area contributed by atoms with Gasteiger partial charge in [0.2, 0.25) is 0 Å². The van der Waals surface area contributed by atoms with E-state index < -0.39 is 16.4 Å². The molecule has 0 amide bonds. The van der Waals surface area contributed by atoms with Gasteiger partial charge in [0, 0.05) is 0 Å². The monoisotopic (exact) mass is 238 g/mol. The second-order valence-corrected chi connectivity index (χ2v) is 3.20. The third-order valence-electron chi connectivity index (χ3n) is 2.08. The average Bonchev–Trinajstić information content (AvgIpc) is 2.77. The Labute approximate surface area is 94.3 Å². The number of aliphatic hydroxyl groups excluding tert-OH is 1. The van der Waals surface area contributed by atoms with Gasteiger partial charge in [-0.25, -0.2) is 9.07 Å². The molecule has 7 nitrogen and oxygen atoms in total. The number of aliphatic hydroxyl groups is 1. The first-order valence-corrected chi connectivity index (χ1v) is 4.58. The molecule has 0 radical (unpaired) electrons. The molecule has 88 valence electrons. The quantitative estimate of drug-likeness (QED) is 0.630. The Balaban J connectivity index is 2.54. The fourth-order valence-corrected chi connectivity index (χ4v) is 1.33. The van der Waals surface area contributed by atoms with Crippen LogP contribution in [0.2, 0.25) is 0 Å². The van der Waals surface area contributed by atoms with Crippen LogP contribution in [0.4, 0.5) is 10.1 Å². The van der Waals surface area contributed by atoms with Gasteiger partial charge in [-0.15, -0.1) is 5.10 Å². The molecule has 1 N–H and O–H groups in total. The standard InChI is InChI=1S/C9H7FN4O3/c10-6-1-2-8(9(3-6)14(16)17)13-4-7(5-15)11-12-13/h1-4,15H,5H2. The highest BCUT2D eigenvalue weighted by Crippen LogP contribution is 2.23. The van der Waals surface area contributed by atoms with Crippen LogP contribution in [0.1, 0.15) is 5.69 Å². The molecule has 1 aromatic heterocycles. The summed E-state index contributed by atoms with van der Waals surface area (Å²) < 4.78 is 14.0. The van der Waals surface area contributed by atoms with Crippen LogP contribution >= 0.6 is 0 Å². The molecule has 0 saturated carbocycles. The molecule has 0 atom stereocenters. The first-order valence-electron chi connectivity index (χ1n) is 4.58. The van der Waals surface area contributed by atoms with Crippen molar-refractivity contribution >= 4 is 5.69 Å². The number of nitro benzene ring substituents is 1. The fraction of sp³-hybridized carbons (Fsp3) is 0.111. The highest BCUT2D eigenvalue weighted by molar-refractivity contribution is 5.51. The third kappa shape index (κ3) is 2.11. The average molecular weight is 238 g/mol. The first kappa shape index (κ1) is 11.1. The molecule has 2 aromatic rings. The van der Waals surface area contributed by atoms with Crippen molar-refractivity contribution in [1.82, 2.24) is 15.0 Å². The molecule has 0 fully saturated rings. The Morgan fingerprint density at radius 3 is 2.88 bits per heavy atom. The maximum absolute atomic E-state index is 12.9. The zero-order valence-corrected chi connectivity index (χ0v) is 8.45. The lowest BCUT2D eigenvalue weighted by molar-refractivity contribution is -0.384. The van der Waals surface area contributed by atoms with Gasteiger partial charge in [0.15, 0.2) is 0 Å². The summed E-state index contributed by atoms with van der Waals surface area (Å²) in [7, 11) is 0. The van der Waals surface area contributed by atoms with Crippen molar-refractivity contribution < 1.29 is 14.4 Å². The lowest BCUT2D eigenvalue weighted by atomic mass is 10.2. The summed E-state index contributed by atoms with van der Waals surface area (Å²) in [5.74, 6) is -0.706. The molecular formula is C9H7FN4O3. The van der Waals surface area contributed by atoms with Gasteiger partial charge in [0.05, 0.1) is 23.8 Å². The summed E-state index contributed by atoms with van der Waals surface area (Å²) in [6.07, 6.45) is 1.33. The highest BCUT2D eigenvalue weighted by atomic mass is 19.1. The fourth-order valence-electron chi connectivity index (χ4n) is 1.33. The van der Waals surface area contributed by atoms with Gasteiger partial charge in [-0.2, -0.15) is 0 Å². The number of halogens is 1. The number of nitro groups is 1. The molecular weight excluding hydrogens is 231 g/mol. The van der Waals surface area contributed by atoms with Crippen LogP contribution in [0.5, 0.6) is 0 Å². The minimum Gasteiger partial charge on any atom is -0.390 e. The molecule has 0 aliphatic carbocycles. The van der Waals surface area contributed by atoms with Gasteiger partial charge in [0.1, 0.15) is 17.2 Å². The van der Waals surface area contributed by atoms with E-state index in [-0.39, 0.29) is 18.0 Å². The van der Waals surface area contributed by atoms with Crippen LogP contribution in [-0.4, -0.2) is 25.0 Å². The summed E-state index contributed by atoms with van der Waals surface area (Å²) in [5, 5.41) is 26.8. The first-order chi connectivity index (χ1) is 8.11. The van der Waals surface area contributed by atoms with Crippen molar-refractivity contribution in [2.45, 2.75) is 6.61 Å². The molecule has 1 aromatic carbocycles. The number of nitrogens with zero attached hydrogens (tertiary/aromatic N) is 4. The predicted molar refractivity (Wildman–Crippen MR) is 53.9 cm³/mol. The zero-order valence-electron chi connectivity index (χ0n) is 8.45. The predicted octanol–water partition coefficient (Wildman–Crippen LogP) is 0.807. The van der Waals surface area contributed by atoms with Crippen molar-refractivity contribution in [3.8, 4) is 5.69 Å². The van der Waals surface area contributed by atoms with Crippen LogP contribution in [0.3, 0.4) is 0 Å². The van der Waals surface area contributed by atoms with E-state index in [4.69, 9.17) is 5.11 Å². The topological polar surface area (TPSA) is 94.1 Å². The summed E-state index contributed by atoms with van der Waals surface area (Å²) in [5.41, 5.74) is -0.0633. The zero-order chi connectivity index (χ0) is 12.4. The highest BCUT2D eigenvalue weighted by Gasteiger charge is 2.17. The maximum atomic E-state index is 12.9. The molecule has 2 rings (SSSR count). The van der Waals surface area contributed by atoms with E-state index in [1.165, 1.54) is 12.3 Å². The van der Waals surface area contributed by atoms with Crippen LogP contribution in [0.25, 0.3) is 5.69 Å². The van der Waals surface area contributed by atoms with E-state index in [1.54, 1.807) is 0 Å². The van der Waals surface area contributed by atoms with E-state index in [2.05, 4.69) is 10.3 Å². The lowest BCUT2D eigenvalue weighted by Gasteiger charge is -2.01. The smallest absolute Gasteiger partial charge is 0.297 e. The lowest BCUT2D eigenvalue weighted by Crippen LogP contribution is -2.01. The SMILES string of the molecule is O=[N+]([O-])c1cc(F)ccc1-n1cc(CO)nn1. The minimum absolute atomic E-state index is 0.0867. The van der Waals surface area contributed by atoms with Gasteiger partial charge in [0.25, 0.3) is 5.69 Å². The summed E-state index contributed by atoms with van der Waals surface area (Å²) >= 11 is 0. The molecule has 0 unspecified atom stereocenters. The molecule has 0 bridgehead atoms. The Morgan fingerprint density at radius 1 is 1.53 bits per heavy atom. The Bertz CT molecular complexity index is 569. The van der Waals surface area contributed by atoms with Crippen LogP contribution < -0.4 is 0 Å². The van der Waals surface area contributed by atoms with Crippen LogP contribution in [0.15, 0.2) is 24.4 Å². The number of aromatic nitrogens is 3. The summed E-state index contributed by atoms with van der Waals surface area (Å²) in [4.78, 5) is 10.0. The number of benzene rings is 1. The van der Waals surface area contributed by atoms with Crippen molar-refractivity contribution in [2.75, 3.05) is 0 Å². The second-order valence-electron chi connectivity index (χ2n) is 3.20. The molecule has 0 aliphatic rings. The number of hydrogen-bond acceptors (Lipinski definition) is 5. The summed E-state index contributed by atoms with van der Waals surface area (Å²) in [6.45, 7) is -0.324. The van der Waals surface area contributed by atoms with Gasteiger partial charge in [-0.05, 0) is 12.1 Å². The molecule has 0 spiro atoms. The van der Waals surface area contributed by atoms with Crippen molar-refractivity contribution in [3.05, 3.63) is 46.0 Å². The molecule has 17 heavy (non-hydrogen) atoms. The van der Waals surface area contributed by atoms with Crippen molar-refractivity contribution in [2.24, 2.45) is 0 Å². The Hall–Kier alpha value is -2.35. The Kier molecular flexibility index (Phi) is 2.79. The minimum atomic E-state index is -0.710. The van der Waals surface area contributed by atoms with E-state index in [1.807, 2.05) is 0 Å². The molecule has 0 saturated heterocycles. The van der Waals surface area contributed by atoms with E-state index >= 15 is 0 Å². The molecule has 0 aliphatic heterocycles. The van der Waals surface area contributed by atoms with Crippen molar-refractivity contribution in [1.29, 1.82) is 0 Å². The van der Waals surface area contributed by atoms with Crippen LogP contribution in [0, 0.1) is 15.9 Å². The third-order valence-corrected chi connectivity index (χ3v) is 2.08. The number of hydrogen-bond donors (Lipinski definition) is 1. The van der Waals surface area contributed by atoms with Gasteiger partial charge >= 0.3 is 0 Å². The normalized spacial score (nSPS) is 10.5. The van der Waals surface area contributed by atoms with Gasteiger partial charge in [-0.3, -0.25) is 10.1 Å². The summed E-state index contributed by atoms with van der Waals surface area (Å²) in [6, 6.07) is 3.11. The molecule has 1 heterocycles. The Morgan fingerprint density at radius 2 is 2.29 bits per heavy atom. The van der Waals surface area contributed by atoms with E-state index in [9.17, 15) is 14.5 Å². The van der Waals surface area contributed by atoms with E-state index in [0.29, 0.717) is 0 Å². The maximum Gasteiger partial charge on any atom is 0.297 e. The van der Waals surface area contributed by atoms with Crippen molar-refractivity contribution in [3.63, 3.8) is 0 Å². The second kappa shape index (κ2) is 4.26. The van der Waals surface area contributed by atoms with Gasteiger partial charge in [-0.1, -0.05) is 5.21 Å². The van der Waals surface area contributed by atoms with E-state index in [0.717, 1.165) is 16.8 Å².